The maximum atomic E-state index is 11.6. The Morgan fingerprint density at radius 1 is 0.679 bits per heavy atom. The van der Waals surface area contributed by atoms with Crippen LogP contribution >= 0.6 is 21.6 Å². The van der Waals surface area contributed by atoms with Gasteiger partial charge in [-0.05, 0) is 48.5 Å². The van der Waals surface area contributed by atoms with Crippen LogP contribution in [0.5, 0.6) is 0 Å². The predicted octanol–water partition coefficient (Wildman–Crippen LogP) is 4.32. The van der Waals surface area contributed by atoms with E-state index in [1.807, 2.05) is 48.5 Å². The first-order valence-electron chi connectivity index (χ1n) is 8.62. The lowest BCUT2D eigenvalue weighted by atomic mass is 10.3. The highest BCUT2D eigenvalue weighted by Crippen LogP contribution is 2.38. The van der Waals surface area contributed by atoms with Gasteiger partial charge in [0, 0.05) is 46.8 Å². The van der Waals surface area contributed by atoms with Crippen molar-refractivity contribution in [1.29, 1.82) is 0 Å². The number of rotatable bonds is 11. The molecule has 0 saturated carbocycles. The monoisotopic (exact) mass is 416 g/mol. The van der Waals surface area contributed by atoms with Gasteiger partial charge in [-0.1, -0.05) is 21.6 Å². The minimum atomic E-state index is -0.180. The molecule has 0 fully saturated rings. The van der Waals surface area contributed by atoms with E-state index in [-0.39, 0.29) is 37.5 Å². The van der Waals surface area contributed by atoms with E-state index in [4.69, 9.17) is 0 Å². The number of benzene rings is 2. The fourth-order valence-electron chi connectivity index (χ4n) is 2.11. The van der Waals surface area contributed by atoms with Crippen molar-refractivity contribution in [3.05, 3.63) is 48.5 Å². The number of anilines is 2. The number of carbonyl (C=O) groups is 4. The molecular formula is C20H20N2O4S2. The molecule has 28 heavy (non-hydrogen) atoms. The van der Waals surface area contributed by atoms with Crippen LogP contribution < -0.4 is 10.6 Å². The molecule has 0 aliphatic rings. The smallest absolute Gasteiger partial charge is 0.224 e. The molecule has 146 valence electrons. The molecule has 0 atom stereocenters. The first-order valence-corrected chi connectivity index (χ1v) is 10.8. The number of amides is 2. The van der Waals surface area contributed by atoms with E-state index in [0.29, 0.717) is 11.4 Å². The number of hydrogen-bond acceptors (Lipinski definition) is 6. The van der Waals surface area contributed by atoms with Gasteiger partial charge >= 0.3 is 0 Å². The number of aldehydes is 2. The van der Waals surface area contributed by atoms with Crippen molar-refractivity contribution in [2.75, 3.05) is 10.6 Å². The van der Waals surface area contributed by atoms with Gasteiger partial charge in [-0.15, -0.1) is 0 Å². The topological polar surface area (TPSA) is 92.3 Å². The van der Waals surface area contributed by atoms with Gasteiger partial charge in [-0.3, -0.25) is 9.59 Å². The summed E-state index contributed by atoms with van der Waals surface area (Å²) in [5.41, 5.74) is 1.39. The molecule has 0 aliphatic carbocycles. The number of carbonyl (C=O) groups excluding carboxylic acids is 4. The Hall–Kier alpha value is -2.58. The Kier molecular flexibility index (Phi) is 9.30. The Morgan fingerprint density at radius 2 is 1.04 bits per heavy atom. The summed E-state index contributed by atoms with van der Waals surface area (Å²) < 4.78 is 0. The Morgan fingerprint density at radius 3 is 1.36 bits per heavy atom. The zero-order chi connectivity index (χ0) is 20.2. The molecule has 2 N–H and O–H groups in total. The molecule has 0 radical (unpaired) electrons. The standard InChI is InChI=1S/C20H20N2O4S2/c23-13-1-3-19(25)21-15-5-9-17(10-6-15)27-28-18-11-7-16(8-12-18)22-20(26)4-2-14-24/h5-14H,1-4H2,(H,21,25)(H,22,26). The molecule has 0 unspecified atom stereocenters. The van der Waals surface area contributed by atoms with Crippen LogP contribution in [0, 0.1) is 0 Å². The van der Waals surface area contributed by atoms with Crippen LogP contribution in [0.15, 0.2) is 58.3 Å². The summed E-state index contributed by atoms with van der Waals surface area (Å²) >= 11 is 0. The molecule has 0 aliphatic heterocycles. The fourth-order valence-corrected chi connectivity index (χ4v) is 4.04. The van der Waals surface area contributed by atoms with Crippen LogP contribution in [0.1, 0.15) is 25.7 Å². The minimum absolute atomic E-state index is 0.180. The summed E-state index contributed by atoms with van der Waals surface area (Å²) in [6, 6.07) is 14.9. The average molecular weight is 417 g/mol. The quantitative estimate of drug-likeness (QED) is 0.419. The van der Waals surface area contributed by atoms with E-state index in [9.17, 15) is 19.2 Å². The second kappa shape index (κ2) is 12.0. The second-order valence-corrected chi connectivity index (χ2v) is 8.00. The molecule has 2 rings (SSSR count). The molecule has 0 spiro atoms. The van der Waals surface area contributed by atoms with Crippen molar-refractivity contribution in [2.45, 2.75) is 35.5 Å². The van der Waals surface area contributed by atoms with Gasteiger partial charge in [-0.2, -0.15) is 0 Å². The van der Waals surface area contributed by atoms with Gasteiger partial charge in [0.25, 0.3) is 0 Å². The lowest BCUT2D eigenvalue weighted by Gasteiger charge is -2.07. The lowest BCUT2D eigenvalue weighted by molar-refractivity contribution is -0.118. The van der Waals surface area contributed by atoms with Gasteiger partial charge in [-0.25, -0.2) is 0 Å². The van der Waals surface area contributed by atoms with E-state index in [1.165, 1.54) is 0 Å². The van der Waals surface area contributed by atoms with Crippen molar-refractivity contribution >= 4 is 57.3 Å². The van der Waals surface area contributed by atoms with E-state index in [2.05, 4.69) is 10.6 Å². The maximum Gasteiger partial charge on any atom is 0.224 e. The highest BCUT2D eigenvalue weighted by Gasteiger charge is 2.04. The minimum Gasteiger partial charge on any atom is -0.326 e. The van der Waals surface area contributed by atoms with E-state index >= 15 is 0 Å². The summed E-state index contributed by atoms with van der Waals surface area (Å²) in [7, 11) is 3.15. The number of hydrogen-bond donors (Lipinski definition) is 2. The summed E-state index contributed by atoms with van der Waals surface area (Å²) in [5, 5.41) is 5.49. The molecule has 2 amide bonds. The van der Waals surface area contributed by atoms with Gasteiger partial charge in [0.15, 0.2) is 0 Å². The maximum absolute atomic E-state index is 11.6. The highest BCUT2D eigenvalue weighted by molar-refractivity contribution is 8.76. The molecule has 6 nitrogen and oxygen atoms in total. The van der Waals surface area contributed by atoms with Crippen LogP contribution in [-0.2, 0) is 19.2 Å². The second-order valence-electron chi connectivity index (χ2n) is 5.72. The van der Waals surface area contributed by atoms with Crippen LogP contribution in [0.3, 0.4) is 0 Å². The zero-order valence-electron chi connectivity index (χ0n) is 15.1. The Bertz CT molecular complexity index is 738. The Labute approximate surface area is 171 Å². The molecule has 2 aromatic rings. The third-order valence-electron chi connectivity index (χ3n) is 3.49. The predicted molar refractivity (Wildman–Crippen MR) is 112 cm³/mol. The molecular weight excluding hydrogens is 396 g/mol. The molecule has 0 saturated heterocycles. The SMILES string of the molecule is O=CCCC(=O)Nc1ccc(SSc2ccc(NC(=O)CCC=O)cc2)cc1. The third kappa shape index (κ3) is 7.98. The van der Waals surface area contributed by atoms with Crippen molar-refractivity contribution < 1.29 is 19.2 Å². The first kappa shape index (κ1) is 21.7. The number of nitrogens with one attached hydrogen (secondary N) is 2. The molecule has 0 bridgehead atoms. The van der Waals surface area contributed by atoms with Crippen LogP contribution in [0.4, 0.5) is 11.4 Å². The Balaban J connectivity index is 1.80. The van der Waals surface area contributed by atoms with E-state index < -0.39 is 0 Å². The summed E-state index contributed by atoms with van der Waals surface area (Å²) in [4.78, 5) is 45.8. The first-order chi connectivity index (χ1) is 13.6. The van der Waals surface area contributed by atoms with Gasteiger partial charge in [0.1, 0.15) is 12.6 Å². The van der Waals surface area contributed by atoms with E-state index in [0.717, 1.165) is 22.4 Å². The van der Waals surface area contributed by atoms with Gasteiger partial charge < -0.3 is 20.2 Å². The van der Waals surface area contributed by atoms with Crippen molar-refractivity contribution in [3.8, 4) is 0 Å². The van der Waals surface area contributed by atoms with Crippen molar-refractivity contribution in [3.63, 3.8) is 0 Å². The van der Waals surface area contributed by atoms with Crippen LogP contribution in [0.2, 0.25) is 0 Å². The molecule has 2 aromatic carbocycles. The largest absolute Gasteiger partial charge is 0.326 e. The van der Waals surface area contributed by atoms with Gasteiger partial charge in [0.05, 0.1) is 0 Å². The normalized spacial score (nSPS) is 10.1. The highest BCUT2D eigenvalue weighted by atomic mass is 33.1. The third-order valence-corrected chi connectivity index (χ3v) is 5.91. The zero-order valence-corrected chi connectivity index (χ0v) is 16.7. The summed E-state index contributed by atoms with van der Waals surface area (Å²) in [6.07, 6.45) is 2.26. The van der Waals surface area contributed by atoms with Crippen molar-refractivity contribution in [2.24, 2.45) is 0 Å². The van der Waals surface area contributed by atoms with Crippen LogP contribution in [0.25, 0.3) is 0 Å². The average Bonchev–Trinajstić information content (AvgIpc) is 2.71. The molecule has 0 heterocycles. The molecule has 8 heteroatoms. The van der Waals surface area contributed by atoms with Crippen molar-refractivity contribution in [1.82, 2.24) is 0 Å². The summed E-state index contributed by atoms with van der Waals surface area (Å²) in [5.74, 6) is -0.361. The fraction of sp³-hybridized carbons (Fsp3) is 0.200. The summed E-state index contributed by atoms with van der Waals surface area (Å²) in [6.45, 7) is 0. The van der Waals surface area contributed by atoms with Crippen LogP contribution in [-0.4, -0.2) is 24.4 Å². The lowest BCUT2D eigenvalue weighted by Crippen LogP contribution is -2.11. The van der Waals surface area contributed by atoms with E-state index in [1.54, 1.807) is 21.6 Å². The molecule has 0 aromatic heterocycles. The van der Waals surface area contributed by atoms with Gasteiger partial charge in [0.2, 0.25) is 11.8 Å².